The average molecular weight is 413 g/mol. The number of nitrogens with two attached hydrogens (primary N) is 1. The fraction of sp³-hybridized carbons (Fsp3) is 0.174. The molecule has 4 N–H and O–H groups in total. The zero-order valence-corrected chi connectivity index (χ0v) is 17.3. The molecule has 0 fully saturated rings. The number of rotatable bonds is 6. The van der Waals surface area contributed by atoms with Gasteiger partial charge in [-0.3, -0.25) is 14.8 Å². The number of fused-ring (bicyclic) bond motifs is 1. The van der Waals surface area contributed by atoms with Crippen molar-refractivity contribution in [3.63, 3.8) is 0 Å². The van der Waals surface area contributed by atoms with E-state index in [2.05, 4.69) is 37.5 Å². The Balaban J connectivity index is 1.56. The molecule has 0 unspecified atom stereocenters. The van der Waals surface area contributed by atoms with E-state index in [0.717, 1.165) is 27.7 Å². The molecule has 0 bridgehead atoms. The molecule has 8 heteroatoms. The highest BCUT2D eigenvalue weighted by Gasteiger charge is 2.15. The number of nitrogens with one attached hydrogen (secondary N) is 2. The Morgan fingerprint density at radius 3 is 2.81 bits per heavy atom. The number of aromatic nitrogens is 4. The zero-order chi connectivity index (χ0) is 21.8. The van der Waals surface area contributed by atoms with Crippen molar-refractivity contribution < 1.29 is 4.79 Å². The highest BCUT2D eigenvalue weighted by atomic mass is 16.1. The average Bonchev–Trinajstić information content (AvgIpc) is 2.81. The van der Waals surface area contributed by atoms with Gasteiger partial charge in [-0.25, -0.2) is 9.97 Å². The normalized spacial score (nSPS) is 11.8. The number of amides is 1. The van der Waals surface area contributed by atoms with Crippen LogP contribution in [0.4, 0.5) is 11.5 Å². The van der Waals surface area contributed by atoms with E-state index in [1.165, 1.54) is 6.33 Å². The number of carbonyl (C=O) groups excluding carboxylic acids is 1. The molecule has 4 aromatic rings. The van der Waals surface area contributed by atoms with E-state index in [1.54, 1.807) is 31.7 Å². The lowest BCUT2D eigenvalue weighted by molar-refractivity contribution is 0.0964. The minimum Gasteiger partial charge on any atom is -0.397 e. The molecular formula is C23H23N7O. The van der Waals surface area contributed by atoms with Gasteiger partial charge in [0.2, 0.25) is 0 Å². The van der Waals surface area contributed by atoms with Gasteiger partial charge in [-0.05, 0) is 17.7 Å². The quantitative estimate of drug-likeness (QED) is 0.444. The highest BCUT2D eigenvalue weighted by Crippen LogP contribution is 2.27. The van der Waals surface area contributed by atoms with Crippen LogP contribution in [0.2, 0.25) is 0 Å². The molecule has 0 radical (unpaired) electrons. The number of carbonyl (C=O) groups is 1. The van der Waals surface area contributed by atoms with E-state index in [0.29, 0.717) is 23.6 Å². The maximum atomic E-state index is 12.2. The van der Waals surface area contributed by atoms with Crippen molar-refractivity contribution in [2.45, 2.75) is 12.8 Å². The lowest BCUT2D eigenvalue weighted by atomic mass is 9.96. The summed E-state index contributed by atoms with van der Waals surface area (Å²) in [5.74, 6) is 0.710. The lowest BCUT2D eigenvalue weighted by Gasteiger charge is -2.16. The van der Waals surface area contributed by atoms with Gasteiger partial charge in [-0.1, -0.05) is 25.1 Å². The van der Waals surface area contributed by atoms with Crippen molar-refractivity contribution in [1.82, 2.24) is 25.3 Å². The van der Waals surface area contributed by atoms with Crippen LogP contribution in [0.15, 0.2) is 61.3 Å². The molecule has 0 spiro atoms. The van der Waals surface area contributed by atoms with Crippen molar-refractivity contribution in [3.05, 3.63) is 72.4 Å². The predicted octanol–water partition coefficient (Wildman–Crippen LogP) is 3.24. The van der Waals surface area contributed by atoms with Crippen molar-refractivity contribution in [3.8, 4) is 11.3 Å². The molecule has 0 saturated carbocycles. The molecule has 156 valence electrons. The highest BCUT2D eigenvalue weighted by molar-refractivity contribution is 6.06. The van der Waals surface area contributed by atoms with Gasteiger partial charge in [0.25, 0.3) is 5.91 Å². The number of benzene rings is 1. The minimum absolute atomic E-state index is 0.125. The van der Waals surface area contributed by atoms with Crippen LogP contribution in [0.5, 0.6) is 0 Å². The third-order valence-electron chi connectivity index (χ3n) is 5.12. The topological polar surface area (TPSA) is 119 Å². The first-order chi connectivity index (χ1) is 15.1. The molecule has 0 aliphatic rings. The van der Waals surface area contributed by atoms with Crippen molar-refractivity contribution in [2.75, 3.05) is 24.6 Å². The third kappa shape index (κ3) is 4.28. The van der Waals surface area contributed by atoms with Crippen molar-refractivity contribution in [1.29, 1.82) is 0 Å². The smallest absolute Gasteiger partial charge is 0.251 e. The van der Waals surface area contributed by atoms with Crippen molar-refractivity contribution >= 4 is 28.3 Å². The lowest BCUT2D eigenvalue weighted by Crippen LogP contribution is -2.18. The first kappa shape index (κ1) is 20.2. The van der Waals surface area contributed by atoms with Gasteiger partial charge in [0.15, 0.2) is 0 Å². The molecular weight excluding hydrogens is 390 g/mol. The van der Waals surface area contributed by atoms with Gasteiger partial charge in [-0.2, -0.15) is 0 Å². The summed E-state index contributed by atoms with van der Waals surface area (Å²) in [6, 6.07) is 11.4. The summed E-state index contributed by atoms with van der Waals surface area (Å²) in [7, 11) is 1.63. The zero-order valence-electron chi connectivity index (χ0n) is 17.3. The van der Waals surface area contributed by atoms with E-state index in [9.17, 15) is 4.79 Å². The first-order valence-electron chi connectivity index (χ1n) is 9.93. The maximum absolute atomic E-state index is 12.2. The number of anilines is 2. The van der Waals surface area contributed by atoms with E-state index in [1.807, 2.05) is 30.3 Å². The van der Waals surface area contributed by atoms with Crippen LogP contribution in [0.3, 0.4) is 0 Å². The summed E-state index contributed by atoms with van der Waals surface area (Å²) < 4.78 is 0. The second kappa shape index (κ2) is 8.74. The molecule has 0 aliphatic heterocycles. The number of hydrogen-bond donors (Lipinski definition) is 3. The van der Waals surface area contributed by atoms with Crippen LogP contribution in [-0.2, 0) is 0 Å². The first-order valence-corrected chi connectivity index (χ1v) is 9.93. The Morgan fingerprint density at radius 2 is 2.00 bits per heavy atom. The SMILES string of the molecule is CNC(=O)c1ccnc2c([C@H](C)CNc3cc(-c4cncc(N)c4)ncn3)cccc12. The largest absolute Gasteiger partial charge is 0.397 e. The molecule has 1 amide bonds. The van der Waals surface area contributed by atoms with Crippen LogP contribution in [-0.4, -0.2) is 39.4 Å². The van der Waals surface area contributed by atoms with Gasteiger partial charge < -0.3 is 16.4 Å². The van der Waals surface area contributed by atoms with Gasteiger partial charge in [-0.15, -0.1) is 0 Å². The summed E-state index contributed by atoms with van der Waals surface area (Å²) in [6.07, 6.45) is 6.50. The molecule has 31 heavy (non-hydrogen) atoms. The predicted molar refractivity (Wildman–Crippen MR) is 122 cm³/mol. The molecule has 0 aliphatic carbocycles. The van der Waals surface area contributed by atoms with Crippen LogP contribution in [0.1, 0.15) is 28.8 Å². The monoisotopic (exact) mass is 413 g/mol. The number of hydrogen-bond acceptors (Lipinski definition) is 7. The Kier molecular flexibility index (Phi) is 5.70. The van der Waals surface area contributed by atoms with Gasteiger partial charge in [0.1, 0.15) is 12.1 Å². The molecule has 3 heterocycles. The fourth-order valence-electron chi connectivity index (χ4n) is 3.51. The second-order valence-electron chi connectivity index (χ2n) is 7.26. The van der Waals surface area contributed by atoms with Crippen molar-refractivity contribution in [2.24, 2.45) is 0 Å². The van der Waals surface area contributed by atoms with Gasteiger partial charge in [0.05, 0.1) is 22.5 Å². The molecule has 1 atom stereocenters. The Hall–Kier alpha value is -4.07. The number of nitrogens with zero attached hydrogens (tertiary/aromatic N) is 4. The van der Waals surface area contributed by atoms with E-state index in [-0.39, 0.29) is 11.8 Å². The minimum atomic E-state index is -0.125. The van der Waals surface area contributed by atoms with Gasteiger partial charge >= 0.3 is 0 Å². The molecule has 4 rings (SSSR count). The third-order valence-corrected chi connectivity index (χ3v) is 5.12. The molecule has 0 saturated heterocycles. The molecule has 8 nitrogen and oxygen atoms in total. The fourth-order valence-corrected chi connectivity index (χ4v) is 3.51. The van der Waals surface area contributed by atoms with Crippen LogP contribution in [0, 0.1) is 0 Å². The second-order valence-corrected chi connectivity index (χ2v) is 7.26. The Morgan fingerprint density at radius 1 is 1.13 bits per heavy atom. The number of nitrogen functional groups attached to an aromatic ring is 1. The van der Waals surface area contributed by atoms with E-state index in [4.69, 9.17) is 5.73 Å². The maximum Gasteiger partial charge on any atom is 0.251 e. The summed E-state index contributed by atoms with van der Waals surface area (Å²) in [4.78, 5) is 29.5. The summed E-state index contributed by atoms with van der Waals surface area (Å²) >= 11 is 0. The molecule has 1 aromatic carbocycles. The number of para-hydroxylation sites is 1. The van der Waals surface area contributed by atoms with E-state index < -0.39 is 0 Å². The molecule has 3 aromatic heterocycles. The number of pyridine rings is 2. The van der Waals surface area contributed by atoms with Crippen LogP contribution >= 0.6 is 0 Å². The Labute approximate surface area is 180 Å². The summed E-state index contributed by atoms with van der Waals surface area (Å²) in [5.41, 5.74) is 10.5. The van der Waals surface area contributed by atoms with E-state index >= 15 is 0 Å². The summed E-state index contributed by atoms with van der Waals surface area (Å²) in [6.45, 7) is 2.75. The summed E-state index contributed by atoms with van der Waals surface area (Å²) in [5, 5.41) is 6.89. The van der Waals surface area contributed by atoms with Gasteiger partial charge in [0, 0.05) is 55.1 Å². The van der Waals surface area contributed by atoms with Crippen LogP contribution < -0.4 is 16.4 Å². The standard InChI is InChI=1S/C23H23N7O/c1-14(17-4-3-5-18-19(23(31)25-2)6-7-27-22(17)18)10-28-21-9-20(29-13-30-21)15-8-16(24)12-26-11-15/h3-9,11-14H,10,24H2,1-2H3,(H,25,31)(H,28,29,30)/t14-/m1/s1. The Bertz CT molecular complexity index is 1240. The van der Waals surface area contributed by atoms with Crippen LogP contribution in [0.25, 0.3) is 22.2 Å².